The quantitative estimate of drug-likeness (QED) is 0.756. The minimum absolute atomic E-state index is 0.0847. The Balaban J connectivity index is 1.80. The third-order valence-corrected chi connectivity index (χ3v) is 6.77. The van der Waals surface area contributed by atoms with Crippen molar-refractivity contribution >= 4 is 28.2 Å². The van der Waals surface area contributed by atoms with Gasteiger partial charge in [0.2, 0.25) is 5.91 Å². The maximum Gasteiger partial charge on any atom is 0.341 e. The van der Waals surface area contributed by atoms with Crippen molar-refractivity contribution in [3.63, 3.8) is 0 Å². The molecule has 1 aliphatic heterocycles. The highest BCUT2D eigenvalue weighted by molar-refractivity contribution is 7.17. The molecule has 0 spiro atoms. The summed E-state index contributed by atoms with van der Waals surface area (Å²) in [6, 6.07) is -0.290. The van der Waals surface area contributed by atoms with Crippen LogP contribution in [0, 0.1) is 5.92 Å². The van der Waals surface area contributed by atoms with E-state index in [1.165, 1.54) is 16.2 Å². The number of rotatable bonds is 5. The largest absolute Gasteiger partial charge is 0.462 e. The summed E-state index contributed by atoms with van der Waals surface area (Å²) in [6.45, 7) is 11.8. The van der Waals surface area contributed by atoms with Gasteiger partial charge in [0.25, 0.3) is 0 Å². The highest BCUT2D eigenvalue weighted by Crippen LogP contribution is 2.40. The van der Waals surface area contributed by atoms with Gasteiger partial charge in [0.1, 0.15) is 5.00 Å². The molecule has 1 aliphatic carbocycles. The van der Waals surface area contributed by atoms with E-state index >= 15 is 0 Å². The van der Waals surface area contributed by atoms with Crippen LogP contribution in [0.1, 0.15) is 61.8 Å². The van der Waals surface area contributed by atoms with Crippen LogP contribution in [0.15, 0.2) is 0 Å². The van der Waals surface area contributed by atoms with Gasteiger partial charge in [-0.1, -0.05) is 6.92 Å². The summed E-state index contributed by atoms with van der Waals surface area (Å²) < 4.78 is 11.1. The normalized spacial score (nSPS) is 26.4. The highest BCUT2D eigenvalue weighted by Gasteiger charge is 2.32. The Labute approximate surface area is 171 Å². The first-order valence-electron chi connectivity index (χ1n) is 10.3. The molecule has 0 aromatic carbocycles. The zero-order valence-corrected chi connectivity index (χ0v) is 18.4. The van der Waals surface area contributed by atoms with Crippen LogP contribution >= 0.6 is 11.3 Å². The van der Waals surface area contributed by atoms with Gasteiger partial charge in [0.05, 0.1) is 30.4 Å². The van der Waals surface area contributed by atoms with Gasteiger partial charge in [-0.25, -0.2) is 4.79 Å². The van der Waals surface area contributed by atoms with Gasteiger partial charge in [-0.3, -0.25) is 9.69 Å². The molecule has 4 atom stereocenters. The number of hydrogen-bond donors (Lipinski definition) is 1. The van der Waals surface area contributed by atoms with Gasteiger partial charge in [-0.15, -0.1) is 11.3 Å². The van der Waals surface area contributed by atoms with Crippen molar-refractivity contribution < 1.29 is 19.1 Å². The van der Waals surface area contributed by atoms with E-state index in [4.69, 9.17) is 9.47 Å². The smallest absolute Gasteiger partial charge is 0.341 e. The number of carbonyl (C=O) groups is 2. The highest BCUT2D eigenvalue weighted by atomic mass is 32.1. The fraction of sp³-hybridized carbons (Fsp3) is 0.714. The average molecular weight is 409 g/mol. The second-order valence-electron chi connectivity index (χ2n) is 8.15. The summed E-state index contributed by atoms with van der Waals surface area (Å²) in [4.78, 5) is 29.0. The summed E-state index contributed by atoms with van der Waals surface area (Å²) in [5.41, 5.74) is 1.64. The molecule has 1 aromatic heterocycles. The molecule has 1 N–H and O–H groups in total. The van der Waals surface area contributed by atoms with Crippen LogP contribution in [0.5, 0.6) is 0 Å². The van der Waals surface area contributed by atoms with Crippen LogP contribution < -0.4 is 5.32 Å². The summed E-state index contributed by atoms with van der Waals surface area (Å²) in [5, 5.41) is 3.69. The number of carbonyl (C=O) groups excluding carboxylic acids is 2. The number of anilines is 1. The number of hydrogen-bond acceptors (Lipinski definition) is 6. The van der Waals surface area contributed by atoms with Crippen molar-refractivity contribution in [2.45, 2.75) is 72.1 Å². The zero-order valence-electron chi connectivity index (χ0n) is 17.5. The van der Waals surface area contributed by atoms with Crippen LogP contribution in [-0.2, 0) is 27.1 Å². The molecule has 2 heterocycles. The first-order chi connectivity index (χ1) is 13.3. The molecule has 7 heteroatoms. The van der Waals surface area contributed by atoms with Crippen LogP contribution in [0.25, 0.3) is 0 Å². The average Bonchev–Trinajstić information content (AvgIpc) is 2.97. The Hall–Kier alpha value is -1.44. The Bertz CT molecular complexity index is 722. The summed E-state index contributed by atoms with van der Waals surface area (Å²) >= 11 is 1.54. The molecule has 1 fully saturated rings. The Kier molecular flexibility index (Phi) is 6.78. The van der Waals surface area contributed by atoms with Gasteiger partial charge in [0.15, 0.2) is 0 Å². The minimum atomic E-state index is -0.328. The maximum atomic E-state index is 13.0. The molecular weight excluding hydrogens is 376 g/mol. The number of thiophene rings is 1. The van der Waals surface area contributed by atoms with E-state index < -0.39 is 0 Å². The molecule has 3 rings (SSSR count). The molecule has 0 radical (unpaired) electrons. The van der Waals surface area contributed by atoms with Gasteiger partial charge < -0.3 is 14.8 Å². The van der Waals surface area contributed by atoms with Gasteiger partial charge in [-0.05, 0) is 58.4 Å². The Morgan fingerprint density at radius 1 is 1.29 bits per heavy atom. The first kappa shape index (κ1) is 21.3. The van der Waals surface area contributed by atoms with Crippen molar-refractivity contribution in [2.24, 2.45) is 5.92 Å². The van der Waals surface area contributed by atoms with E-state index in [0.29, 0.717) is 23.1 Å². The number of fused-ring (bicyclic) bond motifs is 1. The fourth-order valence-corrected chi connectivity index (χ4v) is 5.58. The fourth-order valence-electron chi connectivity index (χ4n) is 4.17. The molecule has 28 heavy (non-hydrogen) atoms. The van der Waals surface area contributed by atoms with Crippen molar-refractivity contribution in [2.75, 3.05) is 25.0 Å². The van der Waals surface area contributed by atoms with Crippen LogP contribution in [0.4, 0.5) is 5.00 Å². The Morgan fingerprint density at radius 3 is 2.61 bits per heavy atom. The van der Waals surface area contributed by atoms with Crippen molar-refractivity contribution in [1.29, 1.82) is 0 Å². The lowest BCUT2D eigenvalue weighted by molar-refractivity contribution is -0.126. The maximum absolute atomic E-state index is 13.0. The lowest BCUT2D eigenvalue weighted by Gasteiger charge is -2.38. The topological polar surface area (TPSA) is 67.9 Å². The molecule has 0 saturated carbocycles. The molecule has 0 unspecified atom stereocenters. The minimum Gasteiger partial charge on any atom is -0.462 e. The lowest BCUT2D eigenvalue weighted by atomic mass is 9.88. The predicted molar refractivity (Wildman–Crippen MR) is 111 cm³/mol. The van der Waals surface area contributed by atoms with Crippen molar-refractivity contribution in [1.82, 2.24) is 4.90 Å². The van der Waals surface area contributed by atoms with Gasteiger partial charge >= 0.3 is 5.97 Å². The number of morpholine rings is 1. The van der Waals surface area contributed by atoms with Gasteiger partial charge in [-0.2, -0.15) is 0 Å². The monoisotopic (exact) mass is 408 g/mol. The number of nitrogens with zero attached hydrogens (tertiary/aromatic N) is 1. The second-order valence-corrected chi connectivity index (χ2v) is 9.26. The van der Waals surface area contributed by atoms with E-state index in [1.807, 2.05) is 20.8 Å². The SMILES string of the molecule is CCOC(=O)c1c(NC(=O)[C@@H](C)N2C[C@@H](C)O[C@@H](C)C2)sc2c1CC[C@H](C)C2. The molecule has 6 nitrogen and oxygen atoms in total. The number of nitrogens with one attached hydrogen (secondary N) is 1. The third-order valence-electron chi connectivity index (χ3n) is 5.60. The second kappa shape index (κ2) is 8.93. The number of ether oxygens (including phenoxy) is 2. The molecule has 0 bridgehead atoms. The zero-order chi connectivity index (χ0) is 20.4. The summed E-state index contributed by atoms with van der Waals surface area (Å²) in [6.07, 6.45) is 3.08. The molecule has 1 aromatic rings. The van der Waals surface area contributed by atoms with Crippen LogP contribution in [0.3, 0.4) is 0 Å². The first-order valence-corrected chi connectivity index (χ1v) is 11.1. The predicted octanol–water partition coefficient (Wildman–Crippen LogP) is 3.49. The lowest BCUT2D eigenvalue weighted by Crippen LogP contribution is -2.52. The number of esters is 1. The molecule has 1 saturated heterocycles. The number of amides is 1. The summed E-state index contributed by atoms with van der Waals surface area (Å²) in [5.74, 6) is 0.185. The standard InChI is InChI=1S/C21H32N2O4S/c1-6-26-21(25)18-16-8-7-12(2)9-17(16)28-20(18)22-19(24)15(5)23-10-13(3)27-14(4)11-23/h12-15H,6-11H2,1-5H3,(H,22,24)/t12-,13-,14+,15+/m0/s1. The molecule has 156 valence electrons. The summed E-state index contributed by atoms with van der Waals surface area (Å²) in [7, 11) is 0. The van der Waals surface area contributed by atoms with Crippen molar-refractivity contribution in [3.05, 3.63) is 16.0 Å². The Morgan fingerprint density at radius 2 is 1.96 bits per heavy atom. The third kappa shape index (κ3) is 4.58. The van der Waals surface area contributed by atoms with E-state index in [2.05, 4.69) is 17.1 Å². The van der Waals surface area contributed by atoms with Crippen LogP contribution in [0.2, 0.25) is 0 Å². The molecular formula is C21H32N2O4S. The van der Waals surface area contributed by atoms with Gasteiger partial charge in [0, 0.05) is 18.0 Å². The van der Waals surface area contributed by atoms with Crippen molar-refractivity contribution in [3.8, 4) is 0 Å². The molecule has 1 amide bonds. The van der Waals surface area contributed by atoms with E-state index in [0.717, 1.165) is 37.9 Å². The van der Waals surface area contributed by atoms with E-state index in [1.54, 1.807) is 6.92 Å². The molecule has 2 aliphatic rings. The van der Waals surface area contributed by atoms with Crippen LogP contribution in [-0.4, -0.2) is 54.7 Å². The van der Waals surface area contributed by atoms with E-state index in [-0.39, 0.29) is 30.1 Å². The van der Waals surface area contributed by atoms with E-state index in [9.17, 15) is 9.59 Å².